The molecule has 0 aliphatic rings. The van der Waals surface area contributed by atoms with E-state index in [1.54, 1.807) is 7.11 Å². The van der Waals surface area contributed by atoms with Crippen LogP contribution in [0.25, 0.3) is 0 Å². The fraction of sp³-hybridized carbons (Fsp3) is 0.769. The summed E-state index contributed by atoms with van der Waals surface area (Å²) in [5.74, 6) is 0. The Morgan fingerprint density at radius 1 is 1.29 bits per heavy atom. The van der Waals surface area contributed by atoms with E-state index in [-0.39, 0.29) is 0 Å². The second-order valence-corrected chi connectivity index (χ2v) is 5.36. The quantitative estimate of drug-likeness (QED) is 0.689. The molecule has 0 atom stereocenters. The van der Waals surface area contributed by atoms with Gasteiger partial charge >= 0.3 is 0 Å². The zero-order valence-corrected chi connectivity index (χ0v) is 12.0. The van der Waals surface area contributed by atoms with Crippen molar-refractivity contribution in [1.29, 1.82) is 0 Å². The van der Waals surface area contributed by atoms with Crippen LogP contribution in [0.4, 0.5) is 0 Å². The summed E-state index contributed by atoms with van der Waals surface area (Å²) >= 11 is 1.84. The van der Waals surface area contributed by atoms with Crippen LogP contribution in [0.5, 0.6) is 0 Å². The van der Waals surface area contributed by atoms with Crippen molar-refractivity contribution in [2.24, 2.45) is 0 Å². The van der Waals surface area contributed by atoms with Gasteiger partial charge in [0.05, 0.1) is 17.3 Å². The first kappa shape index (κ1) is 14.6. The Labute approximate surface area is 109 Å². The lowest BCUT2D eigenvalue weighted by atomic mass is 10.3. The zero-order valence-electron chi connectivity index (χ0n) is 11.2. The lowest BCUT2D eigenvalue weighted by Crippen LogP contribution is -2.14. The molecule has 0 radical (unpaired) electrons. The van der Waals surface area contributed by atoms with E-state index in [0.717, 1.165) is 25.2 Å². The highest BCUT2D eigenvalue weighted by molar-refractivity contribution is 7.11. The first-order chi connectivity index (χ1) is 8.31. The van der Waals surface area contributed by atoms with Gasteiger partial charge < -0.3 is 10.1 Å². The van der Waals surface area contributed by atoms with Gasteiger partial charge in [0, 0.05) is 18.5 Å². The number of aromatic nitrogens is 1. The number of hydrogen-bond donors (Lipinski definition) is 1. The van der Waals surface area contributed by atoms with Crippen molar-refractivity contribution in [3.8, 4) is 0 Å². The van der Waals surface area contributed by atoms with Gasteiger partial charge in [-0.05, 0) is 25.8 Å². The predicted octanol–water partition coefficient (Wildman–Crippen LogP) is 3.13. The Balaban J connectivity index is 2.60. The van der Waals surface area contributed by atoms with Crippen LogP contribution in [0.1, 0.15) is 48.7 Å². The number of hydrogen-bond acceptors (Lipinski definition) is 4. The van der Waals surface area contributed by atoms with E-state index in [1.807, 2.05) is 11.3 Å². The molecule has 1 aromatic heterocycles. The summed E-state index contributed by atoms with van der Waals surface area (Å²) in [4.78, 5) is 6.01. The molecule has 1 aromatic rings. The average Bonchev–Trinajstić information content (AvgIpc) is 2.70. The highest BCUT2D eigenvalue weighted by atomic mass is 32.1. The van der Waals surface area contributed by atoms with Crippen molar-refractivity contribution in [2.45, 2.75) is 52.7 Å². The summed E-state index contributed by atoms with van der Waals surface area (Å²) in [5.41, 5.74) is 1.12. The summed E-state index contributed by atoms with van der Waals surface area (Å²) in [6.45, 7) is 7.02. The van der Waals surface area contributed by atoms with Crippen LogP contribution in [-0.2, 0) is 24.3 Å². The maximum Gasteiger partial charge on any atom is 0.0932 e. The van der Waals surface area contributed by atoms with Crippen molar-refractivity contribution < 1.29 is 4.74 Å². The van der Waals surface area contributed by atoms with Crippen LogP contribution < -0.4 is 5.32 Å². The van der Waals surface area contributed by atoms with Crippen molar-refractivity contribution in [2.75, 3.05) is 13.7 Å². The van der Waals surface area contributed by atoms with Gasteiger partial charge in [0.15, 0.2) is 0 Å². The van der Waals surface area contributed by atoms with Gasteiger partial charge in [-0.2, -0.15) is 0 Å². The molecule has 0 amide bonds. The number of aryl methyl sites for hydroxylation is 1. The van der Waals surface area contributed by atoms with Crippen molar-refractivity contribution in [1.82, 2.24) is 10.3 Å². The van der Waals surface area contributed by atoms with E-state index in [4.69, 9.17) is 4.74 Å². The Kier molecular flexibility index (Phi) is 7.40. The molecule has 0 saturated carbocycles. The molecule has 0 spiro atoms. The smallest absolute Gasteiger partial charge is 0.0932 e. The lowest BCUT2D eigenvalue weighted by molar-refractivity contribution is 0.181. The first-order valence-corrected chi connectivity index (χ1v) is 7.30. The molecule has 1 rings (SSSR count). The number of nitrogens with zero attached hydrogens (tertiary/aromatic N) is 1. The predicted molar refractivity (Wildman–Crippen MR) is 73.4 cm³/mol. The van der Waals surface area contributed by atoms with Crippen molar-refractivity contribution in [3.63, 3.8) is 0 Å². The maximum atomic E-state index is 5.21. The Morgan fingerprint density at radius 2 is 2.12 bits per heavy atom. The number of methoxy groups -OCH3 is 1. The molecule has 0 aromatic carbocycles. The summed E-state index contributed by atoms with van der Waals surface area (Å²) in [7, 11) is 1.73. The van der Waals surface area contributed by atoms with Crippen molar-refractivity contribution >= 4 is 11.3 Å². The Morgan fingerprint density at radius 3 is 2.76 bits per heavy atom. The number of rotatable bonds is 9. The third kappa shape index (κ3) is 5.15. The van der Waals surface area contributed by atoms with Crippen molar-refractivity contribution in [3.05, 3.63) is 15.6 Å². The fourth-order valence-corrected chi connectivity index (χ4v) is 2.72. The molecule has 98 valence electrons. The molecule has 4 heteroatoms. The summed E-state index contributed by atoms with van der Waals surface area (Å²) in [6.07, 6.45) is 4.72. The third-order valence-corrected chi connectivity index (χ3v) is 3.72. The number of thiazole rings is 1. The molecule has 17 heavy (non-hydrogen) atoms. The minimum atomic E-state index is 0.631. The molecule has 1 N–H and O–H groups in total. The van der Waals surface area contributed by atoms with Crippen LogP contribution in [0.2, 0.25) is 0 Å². The SMILES string of the molecule is CCCCc1nc(COC)c(CNCCC)s1. The van der Waals surface area contributed by atoms with Crippen LogP contribution in [0.3, 0.4) is 0 Å². The van der Waals surface area contributed by atoms with E-state index in [2.05, 4.69) is 24.1 Å². The fourth-order valence-electron chi connectivity index (χ4n) is 1.64. The summed E-state index contributed by atoms with van der Waals surface area (Å²) in [6, 6.07) is 0. The van der Waals surface area contributed by atoms with E-state index < -0.39 is 0 Å². The molecule has 0 bridgehead atoms. The van der Waals surface area contributed by atoms with E-state index >= 15 is 0 Å². The molecule has 1 heterocycles. The molecular formula is C13H24N2OS. The number of unbranched alkanes of at least 4 members (excludes halogenated alkanes) is 1. The van der Waals surface area contributed by atoms with E-state index in [9.17, 15) is 0 Å². The van der Waals surface area contributed by atoms with E-state index in [1.165, 1.54) is 29.1 Å². The number of ether oxygens (including phenoxy) is 1. The average molecular weight is 256 g/mol. The van der Waals surface area contributed by atoms with Gasteiger partial charge in [-0.25, -0.2) is 4.98 Å². The lowest BCUT2D eigenvalue weighted by Gasteiger charge is -2.02. The van der Waals surface area contributed by atoms with Crippen LogP contribution in [0, 0.1) is 0 Å². The van der Waals surface area contributed by atoms with Gasteiger partial charge in [0.1, 0.15) is 0 Å². The molecule has 3 nitrogen and oxygen atoms in total. The minimum absolute atomic E-state index is 0.631. The molecule has 0 aliphatic heterocycles. The molecule has 0 aliphatic carbocycles. The molecule has 0 unspecified atom stereocenters. The third-order valence-electron chi connectivity index (χ3n) is 2.56. The summed E-state index contributed by atoms with van der Waals surface area (Å²) in [5, 5.41) is 4.69. The largest absolute Gasteiger partial charge is 0.378 e. The zero-order chi connectivity index (χ0) is 12.5. The van der Waals surface area contributed by atoms with Gasteiger partial charge in [-0.3, -0.25) is 0 Å². The highest BCUT2D eigenvalue weighted by Crippen LogP contribution is 2.21. The first-order valence-electron chi connectivity index (χ1n) is 6.48. The maximum absolute atomic E-state index is 5.21. The monoisotopic (exact) mass is 256 g/mol. The standard InChI is InChI=1S/C13H24N2OS/c1-4-6-7-13-15-11(10-16-3)12(17-13)9-14-8-5-2/h14H,4-10H2,1-3H3. The van der Waals surface area contributed by atoms with Crippen LogP contribution in [0.15, 0.2) is 0 Å². The molecular weight excluding hydrogens is 232 g/mol. The minimum Gasteiger partial charge on any atom is -0.378 e. The Hall–Kier alpha value is -0.450. The van der Waals surface area contributed by atoms with Gasteiger partial charge in [-0.1, -0.05) is 20.3 Å². The van der Waals surface area contributed by atoms with Gasteiger partial charge in [0.25, 0.3) is 0 Å². The number of nitrogens with one attached hydrogen (secondary N) is 1. The Bertz CT molecular complexity index is 312. The van der Waals surface area contributed by atoms with Crippen LogP contribution >= 0.6 is 11.3 Å². The molecule has 0 saturated heterocycles. The topological polar surface area (TPSA) is 34.1 Å². The van der Waals surface area contributed by atoms with Gasteiger partial charge in [0.2, 0.25) is 0 Å². The normalized spacial score (nSPS) is 11.0. The van der Waals surface area contributed by atoms with Crippen LogP contribution in [-0.4, -0.2) is 18.6 Å². The molecule has 0 fully saturated rings. The second kappa shape index (κ2) is 8.61. The van der Waals surface area contributed by atoms with E-state index in [0.29, 0.717) is 6.61 Å². The second-order valence-electron chi connectivity index (χ2n) is 4.19. The highest BCUT2D eigenvalue weighted by Gasteiger charge is 2.10. The summed E-state index contributed by atoms with van der Waals surface area (Å²) < 4.78 is 5.21. The van der Waals surface area contributed by atoms with Gasteiger partial charge in [-0.15, -0.1) is 11.3 Å².